The van der Waals surface area contributed by atoms with Crippen LogP contribution >= 0.6 is 11.6 Å². The third-order valence-electron chi connectivity index (χ3n) is 4.01. The first-order valence-electron chi connectivity index (χ1n) is 8.03. The largest absolute Gasteiger partial charge is 0.444 e. The fourth-order valence-electron chi connectivity index (χ4n) is 2.54. The summed E-state index contributed by atoms with van der Waals surface area (Å²) < 4.78 is 20.0. The Labute approximate surface area is 155 Å². The number of hydrogen-bond acceptors (Lipinski definition) is 4. The quantitative estimate of drug-likeness (QED) is 0.738. The van der Waals surface area contributed by atoms with Gasteiger partial charge in [0.2, 0.25) is 5.89 Å². The molecule has 0 atom stereocenters. The molecule has 2 aromatic heterocycles. The van der Waals surface area contributed by atoms with Crippen molar-refractivity contribution < 1.29 is 13.6 Å². The van der Waals surface area contributed by atoms with Crippen LogP contribution in [0.4, 0.5) is 4.39 Å². The van der Waals surface area contributed by atoms with E-state index in [1.165, 1.54) is 16.8 Å². The van der Waals surface area contributed by atoms with E-state index >= 15 is 0 Å². The third-order valence-corrected chi connectivity index (χ3v) is 4.40. The van der Waals surface area contributed by atoms with Crippen LogP contribution in [0.15, 0.2) is 28.7 Å². The molecule has 2 heterocycles. The lowest BCUT2D eigenvalue weighted by Crippen LogP contribution is -2.23. The molecule has 1 amide bonds. The van der Waals surface area contributed by atoms with Crippen LogP contribution in [-0.4, -0.2) is 20.7 Å². The molecule has 1 N–H and O–H groups in total. The van der Waals surface area contributed by atoms with Crippen molar-refractivity contribution in [1.82, 2.24) is 20.1 Å². The predicted octanol–water partition coefficient (Wildman–Crippen LogP) is 3.57. The highest BCUT2D eigenvalue weighted by molar-refractivity contribution is 6.33. The Hall–Kier alpha value is -2.67. The molecule has 136 valence electrons. The lowest BCUT2D eigenvalue weighted by atomic mass is 10.2. The number of carbonyl (C=O) groups excluding carboxylic acids is 1. The normalized spacial score (nSPS) is 11.0. The van der Waals surface area contributed by atoms with E-state index in [1.807, 2.05) is 13.8 Å². The standard InChI is InChI=1S/C18H18ClFN4O2/c1-10-12(3)26-15(22-10)8-21-18(25)16-11(2)23-24(17(16)19)9-13-4-6-14(20)7-5-13/h4-7H,8-9H2,1-3H3,(H,21,25). The Balaban J connectivity index is 1.74. The van der Waals surface area contributed by atoms with Gasteiger partial charge in [0.15, 0.2) is 0 Å². The number of benzene rings is 1. The summed E-state index contributed by atoms with van der Waals surface area (Å²) in [6, 6.07) is 6.03. The number of hydrogen-bond donors (Lipinski definition) is 1. The van der Waals surface area contributed by atoms with Gasteiger partial charge in [-0.15, -0.1) is 0 Å². The molecule has 0 spiro atoms. The molecule has 6 nitrogen and oxygen atoms in total. The number of aryl methyl sites for hydroxylation is 3. The number of oxazole rings is 1. The molecule has 0 saturated heterocycles. The molecule has 8 heteroatoms. The smallest absolute Gasteiger partial charge is 0.256 e. The van der Waals surface area contributed by atoms with Crippen LogP contribution in [0.2, 0.25) is 5.15 Å². The van der Waals surface area contributed by atoms with Gasteiger partial charge < -0.3 is 9.73 Å². The number of halogens is 2. The van der Waals surface area contributed by atoms with Crippen molar-refractivity contribution in [3.63, 3.8) is 0 Å². The van der Waals surface area contributed by atoms with Crippen LogP contribution in [0.25, 0.3) is 0 Å². The van der Waals surface area contributed by atoms with Gasteiger partial charge in [-0.2, -0.15) is 5.10 Å². The number of aromatic nitrogens is 3. The van der Waals surface area contributed by atoms with Gasteiger partial charge in [-0.3, -0.25) is 4.79 Å². The second-order valence-corrected chi connectivity index (χ2v) is 6.33. The van der Waals surface area contributed by atoms with Gasteiger partial charge >= 0.3 is 0 Å². The Morgan fingerprint density at radius 1 is 1.23 bits per heavy atom. The minimum Gasteiger partial charge on any atom is -0.444 e. The van der Waals surface area contributed by atoms with Crippen molar-refractivity contribution in [2.75, 3.05) is 0 Å². The topological polar surface area (TPSA) is 73.0 Å². The van der Waals surface area contributed by atoms with Crippen molar-refractivity contribution in [2.24, 2.45) is 0 Å². The van der Waals surface area contributed by atoms with Crippen LogP contribution in [0.5, 0.6) is 0 Å². The Kier molecular flexibility index (Phi) is 5.08. The molecule has 3 rings (SSSR count). The van der Waals surface area contributed by atoms with E-state index in [2.05, 4.69) is 15.4 Å². The van der Waals surface area contributed by atoms with Gasteiger partial charge in [-0.25, -0.2) is 14.1 Å². The summed E-state index contributed by atoms with van der Waals surface area (Å²) in [5.41, 5.74) is 2.42. The summed E-state index contributed by atoms with van der Waals surface area (Å²) in [5, 5.41) is 7.28. The maximum Gasteiger partial charge on any atom is 0.256 e. The van der Waals surface area contributed by atoms with Crippen LogP contribution in [-0.2, 0) is 13.1 Å². The van der Waals surface area contributed by atoms with Crippen LogP contribution in [0.1, 0.15) is 39.0 Å². The maximum atomic E-state index is 13.0. The average molecular weight is 377 g/mol. The number of nitrogens with zero attached hydrogens (tertiary/aromatic N) is 3. The Morgan fingerprint density at radius 3 is 2.54 bits per heavy atom. The second-order valence-electron chi connectivity index (χ2n) is 5.97. The fraction of sp³-hybridized carbons (Fsp3) is 0.278. The van der Waals surface area contributed by atoms with Gasteiger partial charge in [0.1, 0.15) is 16.7 Å². The third kappa shape index (κ3) is 3.77. The van der Waals surface area contributed by atoms with E-state index in [4.69, 9.17) is 16.0 Å². The minimum atomic E-state index is -0.355. The number of amides is 1. The summed E-state index contributed by atoms with van der Waals surface area (Å²) in [6.07, 6.45) is 0. The van der Waals surface area contributed by atoms with Crippen molar-refractivity contribution >= 4 is 17.5 Å². The molecule has 0 aliphatic heterocycles. The number of rotatable bonds is 5. The Morgan fingerprint density at radius 2 is 1.92 bits per heavy atom. The minimum absolute atomic E-state index is 0.159. The highest BCUT2D eigenvalue weighted by Gasteiger charge is 2.21. The zero-order valence-electron chi connectivity index (χ0n) is 14.6. The van der Waals surface area contributed by atoms with Crippen molar-refractivity contribution in [3.05, 3.63) is 69.4 Å². The van der Waals surface area contributed by atoms with Crippen molar-refractivity contribution in [2.45, 2.75) is 33.9 Å². The van der Waals surface area contributed by atoms with E-state index < -0.39 is 0 Å². The molecule has 0 aliphatic carbocycles. The SMILES string of the molecule is Cc1nc(CNC(=O)c2c(C)nn(Cc3ccc(F)cc3)c2Cl)oc1C. The van der Waals surface area contributed by atoms with E-state index in [0.717, 1.165) is 17.0 Å². The molecule has 0 saturated carbocycles. The van der Waals surface area contributed by atoms with Gasteiger partial charge in [0.05, 0.1) is 30.0 Å². The molecule has 0 unspecified atom stereocenters. The van der Waals surface area contributed by atoms with E-state index in [0.29, 0.717) is 23.7 Å². The van der Waals surface area contributed by atoms with Gasteiger partial charge in [0.25, 0.3) is 5.91 Å². The number of carbonyl (C=O) groups is 1. The zero-order valence-corrected chi connectivity index (χ0v) is 15.4. The van der Waals surface area contributed by atoms with Gasteiger partial charge in [-0.1, -0.05) is 23.7 Å². The maximum absolute atomic E-state index is 13.0. The first kappa shape index (κ1) is 18.1. The summed E-state index contributed by atoms with van der Waals surface area (Å²) in [4.78, 5) is 16.7. The summed E-state index contributed by atoms with van der Waals surface area (Å²) in [6.45, 7) is 5.86. The van der Waals surface area contributed by atoms with Gasteiger partial charge in [-0.05, 0) is 38.5 Å². The molecule has 3 aromatic rings. The zero-order chi connectivity index (χ0) is 18.8. The second kappa shape index (κ2) is 7.29. The lowest BCUT2D eigenvalue weighted by Gasteiger charge is -2.05. The fourth-order valence-corrected chi connectivity index (χ4v) is 2.86. The molecule has 1 aromatic carbocycles. The summed E-state index contributed by atoms with van der Waals surface area (Å²) in [5.74, 6) is 0.483. The summed E-state index contributed by atoms with van der Waals surface area (Å²) in [7, 11) is 0. The highest BCUT2D eigenvalue weighted by Crippen LogP contribution is 2.21. The van der Waals surface area contributed by atoms with Crippen molar-refractivity contribution in [1.29, 1.82) is 0 Å². The van der Waals surface area contributed by atoms with Gasteiger partial charge in [0, 0.05) is 0 Å². The molecule has 0 fully saturated rings. The lowest BCUT2D eigenvalue weighted by molar-refractivity contribution is 0.0946. The summed E-state index contributed by atoms with van der Waals surface area (Å²) >= 11 is 6.34. The van der Waals surface area contributed by atoms with E-state index in [9.17, 15) is 9.18 Å². The monoisotopic (exact) mass is 376 g/mol. The van der Waals surface area contributed by atoms with Crippen LogP contribution in [0, 0.1) is 26.6 Å². The van der Waals surface area contributed by atoms with Crippen LogP contribution < -0.4 is 5.32 Å². The first-order valence-corrected chi connectivity index (χ1v) is 8.41. The number of nitrogens with one attached hydrogen (secondary N) is 1. The van der Waals surface area contributed by atoms with E-state index in [-0.39, 0.29) is 23.4 Å². The van der Waals surface area contributed by atoms with E-state index in [1.54, 1.807) is 19.1 Å². The molecular weight excluding hydrogens is 359 g/mol. The van der Waals surface area contributed by atoms with Crippen LogP contribution in [0.3, 0.4) is 0 Å². The first-order chi connectivity index (χ1) is 12.3. The Bertz CT molecular complexity index is 928. The van der Waals surface area contributed by atoms with Crippen molar-refractivity contribution in [3.8, 4) is 0 Å². The molecule has 26 heavy (non-hydrogen) atoms. The average Bonchev–Trinajstić information content (AvgIpc) is 3.06. The molecule has 0 aliphatic rings. The molecule has 0 radical (unpaired) electrons. The molecular formula is C18H18ClFN4O2. The molecule has 0 bridgehead atoms. The highest BCUT2D eigenvalue weighted by atomic mass is 35.5. The predicted molar refractivity (Wildman–Crippen MR) is 94.6 cm³/mol.